The van der Waals surface area contributed by atoms with Crippen LogP contribution in [0.1, 0.15) is 42.5 Å². The van der Waals surface area contributed by atoms with Crippen molar-refractivity contribution in [1.29, 1.82) is 0 Å². The van der Waals surface area contributed by atoms with Crippen molar-refractivity contribution >= 4 is 11.8 Å². The molecule has 1 heterocycles. The molecule has 0 aromatic heterocycles. The Labute approximate surface area is 177 Å². The monoisotopic (exact) mass is 433 g/mol. The van der Waals surface area contributed by atoms with E-state index in [0.29, 0.717) is 18.6 Å². The highest BCUT2D eigenvalue weighted by molar-refractivity contribution is 6.02. The number of benzene rings is 2. The topological polar surface area (TPSA) is 21.6 Å². The van der Waals surface area contributed by atoms with Crippen molar-refractivity contribution in [2.24, 2.45) is 4.99 Å². The molecule has 0 saturated heterocycles. The van der Waals surface area contributed by atoms with Crippen molar-refractivity contribution in [2.75, 3.05) is 0 Å². The molecule has 2 aromatic carbocycles. The Morgan fingerprint density at radius 3 is 2.35 bits per heavy atom. The zero-order valence-electron chi connectivity index (χ0n) is 16.7. The van der Waals surface area contributed by atoms with Crippen LogP contribution in [0.15, 0.2) is 77.5 Å². The van der Waals surface area contributed by atoms with Crippen molar-refractivity contribution in [3.05, 3.63) is 101 Å². The second-order valence-electron chi connectivity index (χ2n) is 6.87. The summed E-state index contributed by atoms with van der Waals surface area (Å²) >= 11 is 0. The number of allylic oxidation sites excluding steroid dienone is 4. The van der Waals surface area contributed by atoms with Crippen LogP contribution in [-0.4, -0.2) is 12.1 Å². The van der Waals surface area contributed by atoms with Gasteiger partial charge in [-0.05, 0) is 55.2 Å². The third-order valence-corrected chi connectivity index (χ3v) is 4.65. The number of aliphatic imine (C=N–C) groups is 1. The normalized spacial score (nSPS) is 17.5. The zero-order chi connectivity index (χ0) is 22.4. The largest absolute Gasteiger partial charge is 0.573 e. The minimum atomic E-state index is -4.76. The molecule has 1 aliphatic rings. The minimum Gasteiger partial charge on any atom is -0.406 e. The van der Waals surface area contributed by atoms with Gasteiger partial charge in [0.05, 0.1) is 11.6 Å². The van der Waals surface area contributed by atoms with Crippen LogP contribution in [0, 0.1) is 11.6 Å². The molecular weight excluding hydrogens is 413 g/mol. The van der Waals surface area contributed by atoms with Crippen molar-refractivity contribution in [3.63, 3.8) is 0 Å². The lowest BCUT2D eigenvalue weighted by molar-refractivity contribution is -0.303. The summed E-state index contributed by atoms with van der Waals surface area (Å²) in [7, 11) is 0. The van der Waals surface area contributed by atoms with Gasteiger partial charge in [0.2, 0.25) is 0 Å². The van der Waals surface area contributed by atoms with E-state index in [1.54, 1.807) is 25.1 Å². The van der Waals surface area contributed by atoms with Gasteiger partial charge in [-0.25, -0.2) is 8.78 Å². The predicted molar refractivity (Wildman–Crippen MR) is 110 cm³/mol. The maximum atomic E-state index is 14.0. The Morgan fingerprint density at radius 1 is 1.06 bits per heavy atom. The van der Waals surface area contributed by atoms with Gasteiger partial charge in [0.15, 0.2) is 0 Å². The van der Waals surface area contributed by atoms with Crippen molar-refractivity contribution in [3.8, 4) is 0 Å². The average Bonchev–Trinajstić information content (AvgIpc) is 3.17. The first-order chi connectivity index (χ1) is 14.8. The van der Waals surface area contributed by atoms with Gasteiger partial charge in [-0.3, -0.25) is 4.99 Å². The Kier molecular flexibility index (Phi) is 7.05. The molecule has 0 spiro atoms. The van der Waals surface area contributed by atoms with Gasteiger partial charge in [0, 0.05) is 5.71 Å². The molecule has 1 aliphatic heterocycles. The molecule has 162 valence electrons. The van der Waals surface area contributed by atoms with Crippen molar-refractivity contribution < 1.29 is 26.7 Å². The third kappa shape index (κ3) is 6.13. The summed E-state index contributed by atoms with van der Waals surface area (Å²) in [6.07, 6.45) is 3.35. The lowest BCUT2D eigenvalue weighted by atomic mass is 10.0. The SMILES string of the molecule is C\C=C/C(=C\C=C\c1ccc([C@H]2CCC(c3c(F)cccc3F)=N2)cc1)OC(F)(F)F. The highest BCUT2D eigenvalue weighted by Gasteiger charge is 2.31. The Bertz CT molecular complexity index is 1010. The van der Waals surface area contributed by atoms with E-state index in [9.17, 15) is 22.0 Å². The molecule has 0 amide bonds. The molecule has 2 nitrogen and oxygen atoms in total. The summed E-state index contributed by atoms with van der Waals surface area (Å²) < 4.78 is 69.0. The molecule has 31 heavy (non-hydrogen) atoms. The highest BCUT2D eigenvalue weighted by Crippen LogP contribution is 2.32. The molecule has 0 radical (unpaired) electrons. The van der Waals surface area contributed by atoms with E-state index in [1.165, 1.54) is 42.5 Å². The number of hydrogen-bond acceptors (Lipinski definition) is 2. The second kappa shape index (κ2) is 9.73. The van der Waals surface area contributed by atoms with Gasteiger partial charge in [-0.15, -0.1) is 13.2 Å². The number of nitrogens with zero attached hydrogens (tertiary/aromatic N) is 1. The summed E-state index contributed by atoms with van der Waals surface area (Å²) in [6.45, 7) is 1.59. The van der Waals surface area contributed by atoms with Crippen LogP contribution >= 0.6 is 0 Å². The molecule has 0 saturated carbocycles. The van der Waals surface area contributed by atoms with Crippen molar-refractivity contribution in [1.82, 2.24) is 0 Å². The van der Waals surface area contributed by atoms with E-state index in [4.69, 9.17) is 0 Å². The summed E-state index contributed by atoms with van der Waals surface area (Å²) in [5.41, 5.74) is 2.01. The fourth-order valence-corrected chi connectivity index (χ4v) is 3.30. The van der Waals surface area contributed by atoms with E-state index in [0.717, 1.165) is 11.1 Å². The highest BCUT2D eigenvalue weighted by atomic mass is 19.4. The number of hydrogen-bond donors (Lipinski definition) is 0. The van der Waals surface area contributed by atoms with Gasteiger partial charge >= 0.3 is 6.36 Å². The third-order valence-electron chi connectivity index (χ3n) is 4.65. The molecule has 1 atom stereocenters. The fraction of sp³-hybridized carbons (Fsp3) is 0.208. The first-order valence-electron chi connectivity index (χ1n) is 9.64. The maximum Gasteiger partial charge on any atom is 0.573 e. The first kappa shape index (κ1) is 22.5. The molecular formula is C24H20F5NO. The van der Waals surface area contributed by atoms with E-state index >= 15 is 0 Å². The summed E-state index contributed by atoms with van der Waals surface area (Å²) in [5.74, 6) is -1.57. The Balaban J connectivity index is 1.71. The number of halogens is 5. The summed E-state index contributed by atoms with van der Waals surface area (Å²) in [4.78, 5) is 4.50. The van der Waals surface area contributed by atoms with Gasteiger partial charge in [0.1, 0.15) is 17.4 Å². The van der Waals surface area contributed by atoms with Gasteiger partial charge in [0.25, 0.3) is 0 Å². The lowest BCUT2D eigenvalue weighted by Gasteiger charge is -2.08. The molecule has 3 rings (SSSR count). The van der Waals surface area contributed by atoms with Crippen LogP contribution in [0.5, 0.6) is 0 Å². The van der Waals surface area contributed by atoms with Crippen LogP contribution in [-0.2, 0) is 4.74 Å². The molecule has 0 fully saturated rings. The zero-order valence-corrected chi connectivity index (χ0v) is 16.7. The van der Waals surface area contributed by atoms with E-state index in [1.807, 2.05) is 12.1 Å². The molecule has 7 heteroatoms. The van der Waals surface area contributed by atoms with Gasteiger partial charge in [-0.2, -0.15) is 0 Å². The number of alkyl halides is 3. The van der Waals surface area contributed by atoms with Crippen LogP contribution in [0.25, 0.3) is 6.08 Å². The molecule has 0 unspecified atom stereocenters. The van der Waals surface area contributed by atoms with Crippen LogP contribution in [0.4, 0.5) is 22.0 Å². The standard InChI is InChI=1S/C24H20F5NO/c1-2-5-18(31-24(27,28)29)7-3-6-16-10-12-17(13-11-16)21-14-15-22(30-21)23-19(25)8-4-9-20(23)26/h2-13,21H,14-15H2,1H3/b5-2-,6-3+,18-7+/t21-/m1/s1. The molecule has 0 bridgehead atoms. The lowest BCUT2D eigenvalue weighted by Crippen LogP contribution is -2.11. The molecule has 2 aromatic rings. The summed E-state index contributed by atoms with van der Waals surface area (Å²) in [6, 6.07) is 10.8. The average molecular weight is 433 g/mol. The molecule has 0 aliphatic carbocycles. The predicted octanol–water partition coefficient (Wildman–Crippen LogP) is 7.30. The van der Waals surface area contributed by atoms with E-state index in [2.05, 4.69) is 9.73 Å². The molecule has 0 N–H and O–H groups in total. The smallest absolute Gasteiger partial charge is 0.406 e. The van der Waals surface area contributed by atoms with Crippen LogP contribution < -0.4 is 0 Å². The minimum absolute atomic E-state index is 0.0747. The Hall–Kier alpha value is -3.22. The van der Waals surface area contributed by atoms with E-state index < -0.39 is 18.0 Å². The van der Waals surface area contributed by atoms with Crippen LogP contribution in [0.3, 0.4) is 0 Å². The number of ether oxygens (including phenoxy) is 1. The van der Waals surface area contributed by atoms with Crippen molar-refractivity contribution in [2.45, 2.75) is 32.2 Å². The van der Waals surface area contributed by atoms with Crippen LogP contribution in [0.2, 0.25) is 0 Å². The maximum absolute atomic E-state index is 14.0. The number of rotatable bonds is 6. The second-order valence-corrected chi connectivity index (χ2v) is 6.87. The fourth-order valence-electron chi connectivity index (χ4n) is 3.30. The Morgan fingerprint density at radius 2 is 1.74 bits per heavy atom. The van der Waals surface area contributed by atoms with E-state index in [-0.39, 0.29) is 17.4 Å². The quantitative estimate of drug-likeness (QED) is 0.266. The first-order valence-corrected chi connectivity index (χ1v) is 9.64. The summed E-state index contributed by atoms with van der Waals surface area (Å²) in [5, 5.41) is 0. The van der Waals surface area contributed by atoms with Gasteiger partial charge in [-0.1, -0.05) is 48.6 Å². The van der Waals surface area contributed by atoms with Gasteiger partial charge < -0.3 is 4.74 Å².